The maximum Gasteiger partial charge on any atom is 0.295 e. The largest absolute Gasteiger partial charge is 0.295 e. The minimum Gasteiger partial charge on any atom is -0.289 e. The molecule has 1 rings (SSSR count). The predicted molar refractivity (Wildman–Crippen MR) is 70.6 cm³/mol. The highest BCUT2D eigenvalue weighted by Crippen LogP contribution is 2.14. The molecule has 0 amide bonds. The summed E-state index contributed by atoms with van der Waals surface area (Å²) in [6, 6.07) is 3.45. The van der Waals surface area contributed by atoms with Crippen LogP contribution in [-0.4, -0.2) is 34.3 Å². The Morgan fingerprint density at radius 2 is 2.41 bits per heavy atom. The van der Waals surface area contributed by atoms with Gasteiger partial charge in [0.2, 0.25) is 0 Å². The molecule has 0 aliphatic carbocycles. The van der Waals surface area contributed by atoms with E-state index in [0.29, 0.717) is 17.3 Å². The van der Waals surface area contributed by atoms with Gasteiger partial charge in [-0.05, 0) is 17.9 Å². The molecule has 0 aromatic carbocycles. The molecule has 0 saturated carbocycles. The summed E-state index contributed by atoms with van der Waals surface area (Å²) in [4.78, 5) is 18.4. The van der Waals surface area contributed by atoms with E-state index in [9.17, 15) is 10.1 Å². The Labute approximate surface area is 108 Å². The Hall–Kier alpha value is -1.14. The molecule has 7 heteroatoms. The van der Waals surface area contributed by atoms with Crippen molar-refractivity contribution in [1.29, 1.82) is 0 Å². The molecule has 1 atom stereocenters. The van der Waals surface area contributed by atoms with Crippen LogP contribution in [0.5, 0.6) is 0 Å². The summed E-state index contributed by atoms with van der Waals surface area (Å²) in [5, 5.41) is 10.4. The lowest BCUT2D eigenvalue weighted by Crippen LogP contribution is -2.27. The molecule has 1 heterocycles. The van der Waals surface area contributed by atoms with E-state index in [-0.39, 0.29) is 4.92 Å². The minimum atomic E-state index is -0.810. The average molecular weight is 274 g/mol. The van der Waals surface area contributed by atoms with Crippen molar-refractivity contribution in [3.05, 3.63) is 39.2 Å². The summed E-state index contributed by atoms with van der Waals surface area (Å²) < 4.78 is 0. The number of nitrogens with zero attached hydrogens (tertiary/aromatic N) is 3. The number of rotatable bonds is 5. The number of halogens is 1. The highest BCUT2D eigenvalue weighted by atomic mass is 35.5. The first-order valence-electron chi connectivity index (χ1n) is 4.80. The Balaban J connectivity index is 2.83. The van der Waals surface area contributed by atoms with Crippen molar-refractivity contribution in [2.45, 2.75) is 11.8 Å². The maximum absolute atomic E-state index is 10.8. The molecule has 0 spiro atoms. The van der Waals surface area contributed by atoms with Gasteiger partial charge in [-0.15, -0.1) is 0 Å². The van der Waals surface area contributed by atoms with E-state index < -0.39 is 5.37 Å². The lowest BCUT2D eigenvalue weighted by Gasteiger charge is -2.09. The standard InChI is InChI=1S/C10H12ClN3O2S/c1-12-8(10(17-2)14(15)16)5-7-3-4-9(11)13-6-7/h3-4,6,10H,5H2,1-2H3. The fourth-order valence-electron chi connectivity index (χ4n) is 1.34. The third-order valence-electron chi connectivity index (χ3n) is 2.16. The normalized spacial score (nSPS) is 13.5. The van der Waals surface area contributed by atoms with E-state index in [2.05, 4.69) is 9.98 Å². The number of aliphatic imine (C=N–C) groups is 1. The van der Waals surface area contributed by atoms with Crippen molar-refractivity contribution >= 4 is 29.1 Å². The summed E-state index contributed by atoms with van der Waals surface area (Å²) >= 11 is 6.83. The fourth-order valence-corrected chi connectivity index (χ4v) is 2.09. The van der Waals surface area contributed by atoms with Crippen LogP contribution in [0.25, 0.3) is 0 Å². The fraction of sp³-hybridized carbons (Fsp3) is 0.400. The molecule has 0 aliphatic heterocycles. The Kier molecular flexibility index (Phi) is 5.37. The lowest BCUT2D eigenvalue weighted by molar-refractivity contribution is -0.477. The third kappa shape index (κ3) is 3.98. The quantitative estimate of drug-likeness (QED) is 0.271. The van der Waals surface area contributed by atoms with Gasteiger partial charge in [-0.2, -0.15) is 0 Å². The molecular formula is C10H12ClN3O2S. The second kappa shape index (κ2) is 6.56. The first-order chi connectivity index (χ1) is 8.08. The smallest absolute Gasteiger partial charge is 0.289 e. The van der Waals surface area contributed by atoms with Crippen LogP contribution in [0.4, 0.5) is 0 Å². The molecule has 0 N–H and O–H groups in total. The molecule has 0 radical (unpaired) electrons. The van der Waals surface area contributed by atoms with E-state index in [0.717, 1.165) is 17.3 Å². The molecule has 0 aliphatic rings. The summed E-state index contributed by atoms with van der Waals surface area (Å²) in [5.41, 5.74) is 1.38. The second-order valence-corrected chi connectivity index (χ2v) is 4.56. The number of hydrogen-bond donors (Lipinski definition) is 0. The molecular weight excluding hydrogens is 262 g/mol. The van der Waals surface area contributed by atoms with Crippen LogP contribution in [0.15, 0.2) is 23.3 Å². The monoisotopic (exact) mass is 273 g/mol. The summed E-state index contributed by atoms with van der Waals surface area (Å²) in [7, 11) is 1.56. The zero-order chi connectivity index (χ0) is 12.8. The van der Waals surface area contributed by atoms with E-state index in [1.54, 1.807) is 31.6 Å². The van der Waals surface area contributed by atoms with Crippen LogP contribution < -0.4 is 0 Å². The van der Waals surface area contributed by atoms with Gasteiger partial charge in [0, 0.05) is 24.6 Å². The van der Waals surface area contributed by atoms with Crippen LogP contribution in [0.2, 0.25) is 5.15 Å². The predicted octanol–water partition coefficient (Wildman–Crippen LogP) is 2.31. The van der Waals surface area contributed by atoms with E-state index >= 15 is 0 Å². The zero-order valence-corrected chi connectivity index (χ0v) is 11.0. The maximum atomic E-state index is 10.8. The van der Waals surface area contributed by atoms with Crippen molar-refractivity contribution < 1.29 is 4.92 Å². The Morgan fingerprint density at radius 1 is 1.71 bits per heavy atom. The molecule has 1 aromatic heterocycles. The molecule has 92 valence electrons. The molecule has 17 heavy (non-hydrogen) atoms. The van der Waals surface area contributed by atoms with Crippen LogP contribution in [0.3, 0.4) is 0 Å². The highest BCUT2D eigenvalue weighted by molar-refractivity contribution is 7.99. The summed E-state index contributed by atoms with van der Waals surface area (Å²) in [5.74, 6) is 0. The van der Waals surface area contributed by atoms with Gasteiger partial charge < -0.3 is 0 Å². The third-order valence-corrected chi connectivity index (χ3v) is 3.28. The van der Waals surface area contributed by atoms with Gasteiger partial charge in [0.15, 0.2) is 0 Å². The first kappa shape index (κ1) is 13.9. The number of pyridine rings is 1. The van der Waals surface area contributed by atoms with Crippen molar-refractivity contribution in [2.24, 2.45) is 4.99 Å². The van der Waals surface area contributed by atoms with Crippen molar-refractivity contribution in [3.63, 3.8) is 0 Å². The molecule has 5 nitrogen and oxygen atoms in total. The highest BCUT2D eigenvalue weighted by Gasteiger charge is 2.25. The van der Waals surface area contributed by atoms with Gasteiger partial charge in [-0.25, -0.2) is 4.98 Å². The summed E-state index contributed by atoms with van der Waals surface area (Å²) in [6.07, 6.45) is 3.71. The number of aromatic nitrogens is 1. The van der Waals surface area contributed by atoms with Crippen LogP contribution in [-0.2, 0) is 6.42 Å². The molecule has 1 aromatic rings. The Morgan fingerprint density at radius 3 is 2.82 bits per heavy atom. The number of thioether (sulfide) groups is 1. The van der Waals surface area contributed by atoms with Crippen LogP contribution in [0, 0.1) is 10.1 Å². The molecule has 0 bridgehead atoms. The summed E-state index contributed by atoms with van der Waals surface area (Å²) in [6.45, 7) is 0. The molecule has 0 saturated heterocycles. The minimum absolute atomic E-state index is 0.337. The lowest BCUT2D eigenvalue weighted by atomic mass is 10.1. The SMILES string of the molecule is CN=C(Cc1ccc(Cl)nc1)C(SC)[N+](=O)[O-]. The van der Waals surface area contributed by atoms with Gasteiger partial charge in [0.05, 0.1) is 0 Å². The number of hydrogen-bond acceptors (Lipinski definition) is 5. The van der Waals surface area contributed by atoms with Crippen molar-refractivity contribution in [2.75, 3.05) is 13.3 Å². The van der Waals surface area contributed by atoms with Gasteiger partial charge >= 0.3 is 0 Å². The second-order valence-electron chi connectivity index (χ2n) is 3.25. The van der Waals surface area contributed by atoms with E-state index in [4.69, 9.17) is 11.6 Å². The average Bonchev–Trinajstić information content (AvgIpc) is 2.31. The molecule has 1 unspecified atom stereocenters. The topological polar surface area (TPSA) is 68.4 Å². The van der Waals surface area contributed by atoms with E-state index in [1.807, 2.05) is 0 Å². The van der Waals surface area contributed by atoms with Crippen LogP contribution in [0.1, 0.15) is 5.56 Å². The molecule has 0 fully saturated rings. The van der Waals surface area contributed by atoms with Crippen LogP contribution >= 0.6 is 23.4 Å². The number of nitro groups is 1. The van der Waals surface area contributed by atoms with Crippen molar-refractivity contribution in [1.82, 2.24) is 4.98 Å². The zero-order valence-electron chi connectivity index (χ0n) is 9.46. The van der Waals surface area contributed by atoms with E-state index in [1.165, 1.54) is 0 Å². The Bertz CT molecular complexity index is 422. The van der Waals surface area contributed by atoms with Gasteiger partial charge in [0.1, 0.15) is 10.9 Å². The first-order valence-corrected chi connectivity index (χ1v) is 6.47. The van der Waals surface area contributed by atoms with Gasteiger partial charge in [0.25, 0.3) is 5.37 Å². The van der Waals surface area contributed by atoms with Gasteiger partial charge in [-0.1, -0.05) is 29.4 Å². The van der Waals surface area contributed by atoms with Crippen molar-refractivity contribution in [3.8, 4) is 0 Å². The van der Waals surface area contributed by atoms with Gasteiger partial charge in [-0.3, -0.25) is 15.1 Å².